The van der Waals surface area contributed by atoms with Crippen LogP contribution < -0.4 is 0 Å². The fraction of sp³-hybridized carbons (Fsp3) is 0.788. The Bertz CT molecular complexity index is 1290. The highest BCUT2D eigenvalue weighted by molar-refractivity contribution is 5.98. The van der Waals surface area contributed by atoms with Crippen LogP contribution in [0.4, 0.5) is 0 Å². The third-order valence-corrected chi connectivity index (χ3v) is 12.5. The van der Waals surface area contributed by atoms with Gasteiger partial charge in [-0.1, -0.05) is 187 Å². The smallest absolute Gasteiger partial charge is 0.334 e. The molecule has 2 rings (SSSR count). The number of aryl methyl sites for hydroxylation is 1. The maximum absolute atomic E-state index is 12.9. The summed E-state index contributed by atoms with van der Waals surface area (Å²) in [6.45, 7) is 11.3. The van der Waals surface area contributed by atoms with E-state index in [1.54, 1.807) is 26.1 Å². The Balaban J connectivity index is 1.72. The van der Waals surface area contributed by atoms with Gasteiger partial charge in [-0.3, -0.25) is 4.98 Å². The lowest BCUT2D eigenvalue weighted by Crippen LogP contribution is -2.35. The highest BCUT2D eigenvalue weighted by Gasteiger charge is 2.40. The third kappa shape index (κ3) is 22.9. The molecule has 0 unspecified atom stereocenters. The van der Waals surface area contributed by atoms with E-state index in [1.807, 2.05) is 11.0 Å². The fourth-order valence-corrected chi connectivity index (χ4v) is 8.90. The Hall–Kier alpha value is -2.71. The third-order valence-electron chi connectivity index (χ3n) is 12.5. The van der Waals surface area contributed by atoms with Crippen LogP contribution in [0.3, 0.4) is 0 Å². The molecule has 1 aromatic heterocycles. The van der Waals surface area contributed by atoms with Gasteiger partial charge in [0.15, 0.2) is 0 Å². The Morgan fingerprint density at radius 2 is 0.883 bits per heavy atom. The maximum Gasteiger partial charge on any atom is 0.334 e. The number of rotatable bonds is 41. The molecule has 2 heterocycles. The molecule has 0 bridgehead atoms. The number of hydrogen-bond donors (Lipinski definition) is 2. The average molecular weight is 839 g/mol. The predicted molar refractivity (Wildman–Crippen MR) is 250 cm³/mol. The molecular weight excluding hydrogens is 749 g/mol. The summed E-state index contributed by atoms with van der Waals surface area (Å²) >= 11 is 0. The summed E-state index contributed by atoms with van der Waals surface area (Å²) in [7, 11) is 0. The zero-order valence-electron chi connectivity index (χ0n) is 39.2. The molecule has 0 spiro atoms. The van der Waals surface area contributed by atoms with Crippen molar-refractivity contribution in [2.45, 2.75) is 233 Å². The summed E-state index contributed by atoms with van der Waals surface area (Å²) in [6, 6.07) is 3.62. The number of carboxylic acid groups (broad SMARTS) is 2. The molecule has 1 aliphatic rings. The second-order valence-electron chi connectivity index (χ2n) is 17.6. The van der Waals surface area contributed by atoms with Gasteiger partial charge in [-0.2, -0.15) is 0 Å². The van der Waals surface area contributed by atoms with E-state index in [1.165, 1.54) is 167 Å². The fourth-order valence-electron chi connectivity index (χ4n) is 8.90. The van der Waals surface area contributed by atoms with Crippen LogP contribution in [0.15, 0.2) is 40.9 Å². The number of carboxylic acids is 2. The Morgan fingerprint density at radius 1 is 0.533 bits per heavy atom. The standard InChI is InChI=1S/C52H90N2O6/c1-5-7-9-11-13-15-17-19-21-23-25-27-29-31-40-59-42-34-37-47-46(36-33-38-53-47)50-48(51(55)56)44(3)54(45(4)49(50)52(57)58)39-35-43-60-41-32-30-28-26-24-22-20-18-16-14-12-10-8-6-2/h33,36,38,50H,5-32,34-35,37,39-43H2,1-4H3,(H,55,56)(H,57,58). The van der Waals surface area contributed by atoms with Crippen LogP contribution in [-0.4, -0.2) is 65.0 Å². The van der Waals surface area contributed by atoms with Gasteiger partial charge in [0.25, 0.3) is 0 Å². The number of hydrogen-bond acceptors (Lipinski definition) is 6. The molecule has 0 radical (unpaired) electrons. The number of pyridine rings is 1. The lowest BCUT2D eigenvalue weighted by molar-refractivity contribution is -0.133. The van der Waals surface area contributed by atoms with Gasteiger partial charge in [-0.15, -0.1) is 0 Å². The normalized spacial score (nSPS) is 13.6. The van der Waals surface area contributed by atoms with Crippen molar-refractivity contribution in [1.82, 2.24) is 9.88 Å². The van der Waals surface area contributed by atoms with Crippen molar-refractivity contribution in [3.05, 3.63) is 52.1 Å². The van der Waals surface area contributed by atoms with Crippen molar-refractivity contribution in [1.29, 1.82) is 0 Å². The molecule has 0 aliphatic carbocycles. The summed E-state index contributed by atoms with van der Waals surface area (Å²) in [5, 5.41) is 21.1. The Morgan fingerprint density at radius 3 is 1.27 bits per heavy atom. The van der Waals surface area contributed by atoms with E-state index in [-0.39, 0.29) is 11.1 Å². The minimum atomic E-state index is -1.10. The number of ether oxygens (including phenoxy) is 2. The number of aromatic nitrogens is 1. The first-order valence-corrected chi connectivity index (χ1v) is 25.1. The lowest BCUT2D eigenvalue weighted by Gasteiger charge is -2.37. The molecule has 60 heavy (non-hydrogen) atoms. The minimum absolute atomic E-state index is 0.102. The van der Waals surface area contributed by atoms with E-state index in [0.29, 0.717) is 49.6 Å². The highest BCUT2D eigenvalue weighted by atomic mass is 16.5. The summed E-state index contributed by atoms with van der Waals surface area (Å²) < 4.78 is 11.9. The van der Waals surface area contributed by atoms with E-state index >= 15 is 0 Å². The molecule has 1 aliphatic heterocycles. The first-order chi connectivity index (χ1) is 29.3. The predicted octanol–water partition coefficient (Wildman–Crippen LogP) is 14.5. The van der Waals surface area contributed by atoms with Gasteiger partial charge < -0.3 is 24.6 Å². The summed E-state index contributed by atoms with van der Waals surface area (Å²) in [6.07, 6.45) is 40.9. The van der Waals surface area contributed by atoms with Crippen LogP contribution in [0.5, 0.6) is 0 Å². The van der Waals surface area contributed by atoms with Crippen LogP contribution in [0.1, 0.15) is 237 Å². The van der Waals surface area contributed by atoms with Crippen molar-refractivity contribution in [3.63, 3.8) is 0 Å². The summed E-state index contributed by atoms with van der Waals surface area (Å²) in [5.74, 6) is -3.11. The number of allylic oxidation sites excluding steroid dienone is 2. The Labute approximate surface area is 367 Å². The van der Waals surface area contributed by atoms with Gasteiger partial charge in [0.05, 0.1) is 17.1 Å². The molecule has 8 nitrogen and oxygen atoms in total. The molecule has 0 aromatic carbocycles. The van der Waals surface area contributed by atoms with Crippen molar-refractivity contribution in [2.24, 2.45) is 0 Å². The number of nitrogens with zero attached hydrogens (tertiary/aromatic N) is 2. The molecule has 344 valence electrons. The topological polar surface area (TPSA) is 109 Å². The molecule has 1 aromatic rings. The minimum Gasteiger partial charge on any atom is -0.478 e. The van der Waals surface area contributed by atoms with Gasteiger partial charge in [0.1, 0.15) is 0 Å². The first kappa shape index (κ1) is 53.4. The van der Waals surface area contributed by atoms with Crippen LogP contribution in [0.2, 0.25) is 0 Å². The van der Waals surface area contributed by atoms with Gasteiger partial charge in [-0.25, -0.2) is 9.59 Å². The van der Waals surface area contributed by atoms with Gasteiger partial charge in [0.2, 0.25) is 0 Å². The van der Waals surface area contributed by atoms with Crippen molar-refractivity contribution < 1.29 is 29.3 Å². The first-order valence-electron chi connectivity index (χ1n) is 25.1. The molecular formula is C52H90N2O6. The SMILES string of the molecule is CCCCCCCCCCCCCCCCOCCCc1ncccc1C1C(C(=O)O)=C(C)N(CCCOCCCCCCCCCCCCCCCC)C(C)=C1C(=O)O. The second kappa shape index (κ2) is 35.8. The maximum atomic E-state index is 12.9. The second-order valence-corrected chi connectivity index (χ2v) is 17.6. The monoisotopic (exact) mass is 839 g/mol. The number of carbonyl (C=O) groups is 2. The van der Waals surface area contributed by atoms with Crippen LogP contribution >= 0.6 is 0 Å². The molecule has 8 heteroatoms. The molecule has 0 saturated carbocycles. The quantitative estimate of drug-likeness (QED) is 0.0628. The van der Waals surface area contributed by atoms with Crippen molar-refractivity contribution in [2.75, 3.05) is 33.0 Å². The van der Waals surface area contributed by atoms with Gasteiger partial charge in [-0.05, 0) is 57.6 Å². The zero-order valence-corrected chi connectivity index (χ0v) is 39.2. The van der Waals surface area contributed by atoms with E-state index in [4.69, 9.17) is 9.47 Å². The number of aliphatic carboxylic acids is 2. The van der Waals surface area contributed by atoms with E-state index in [9.17, 15) is 19.8 Å². The average Bonchev–Trinajstić information content (AvgIpc) is 3.23. The van der Waals surface area contributed by atoms with E-state index in [0.717, 1.165) is 38.2 Å². The van der Waals surface area contributed by atoms with Crippen LogP contribution in [-0.2, 0) is 25.5 Å². The molecule has 0 fully saturated rings. The summed E-state index contributed by atoms with van der Waals surface area (Å²) in [4.78, 5) is 32.3. The highest BCUT2D eigenvalue weighted by Crippen LogP contribution is 2.43. The zero-order chi connectivity index (χ0) is 43.5. The molecule has 0 amide bonds. The van der Waals surface area contributed by atoms with Crippen LogP contribution in [0.25, 0.3) is 0 Å². The molecule has 0 atom stereocenters. The van der Waals surface area contributed by atoms with Crippen LogP contribution in [0, 0.1) is 0 Å². The van der Waals surface area contributed by atoms with Gasteiger partial charge in [0, 0.05) is 56.3 Å². The molecule has 0 saturated heterocycles. The lowest BCUT2D eigenvalue weighted by atomic mass is 9.78. The largest absolute Gasteiger partial charge is 0.478 e. The van der Waals surface area contributed by atoms with E-state index in [2.05, 4.69) is 18.8 Å². The Kier molecular flexibility index (Phi) is 31.9. The van der Waals surface area contributed by atoms with Crippen molar-refractivity contribution in [3.8, 4) is 0 Å². The van der Waals surface area contributed by atoms with E-state index < -0.39 is 17.9 Å². The summed E-state index contributed by atoms with van der Waals surface area (Å²) in [5.41, 5.74) is 2.73. The number of unbranched alkanes of at least 4 members (excludes halogenated alkanes) is 26. The van der Waals surface area contributed by atoms with Crippen molar-refractivity contribution >= 4 is 11.9 Å². The van der Waals surface area contributed by atoms with Gasteiger partial charge >= 0.3 is 11.9 Å². The molecule has 2 N–H and O–H groups in total.